The first-order valence-corrected chi connectivity index (χ1v) is 7.08. The fourth-order valence-corrected chi connectivity index (χ4v) is 2.52. The van der Waals surface area contributed by atoms with Crippen LogP contribution in [0.15, 0.2) is 5.38 Å². The quantitative estimate of drug-likeness (QED) is 0.771. The molecular weight excluding hydrogens is 248 g/mol. The maximum atomic E-state index is 6.01. The van der Waals surface area contributed by atoms with Gasteiger partial charge in [-0.1, -0.05) is 20.8 Å². The molecule has 1 heterocycles. The van der Waals surface area contributed by atoms with Crippen LogP contribution < -0.4 is 5.73 Å². The smallest absolute Gasteiger partial charge is 0.0944 e. The SMILES string of the molecule is COCCOCC(N)Cc1nc(C(C)(C)C)cs1. The van der Waals surface area contributed by atoms with Crippen molar-refractivity contribution in [3.8, 4) is 0 Å². The van der Waals surface area contributed by atoms with Gasteiger partial charge >= 0.3 is 0 Å². The Labute approximate surface area is 114 Å². The van der Waals surface area contributed by atoms with Crippen molar-refractivity contribution in [2.24, 2.45) is 5.73 Å². The third kappa shape index (κ3) is 5.44. The van der Waals surface area contributed by atoms with E-state index in [-0.39, 0.29) is 11.5 Å². The first-order chi connectivity index (χ1) is 8.43. The first-order valence-electron chi connectivity index (χ1n) is 6.20. The van der Waals surface area contributed by atoms with Gasteiger partial charge in [-0.15, -0.1) is 11.3 Å². The van der Waals surface area contributed by atoms with Crippen LogP contribution in [0.4, 0.5) is 0 Å². The van der Waals surface area contributed by atoms with Crippen molar-refractivity contribution in [2.45, 2.75) is 38.6 Å². The second-order valence-electron chi connectivity index (χ2n) is 5.41. The van der Waals surface area contributed by atoms with Crippen LogP contribution in [-0.4, -0.2) is 38.0 Å². The molecule has 1 rings (SSSR count). The van der Waals surface area contributed by atoms with Crippen molar-refractivity contribution in [1.29, 1.82) is 0 Å². The van der Waals surface area contributed by atoms with Gasteiger partial charge in [-0.2, -0.15) is 0 Å². The Morgan fingerprint density at radius 2 is 2.11 bits per heavy atom. The van der Waals surface area contributed by atoms with Gasteiger partial charge in [0.1, 0.15) is 0 Å². The number of hydrogen-bond donors (Lipinski definition) is 1. The van der Waals surface area contributed by atoms with Gasteiger partial charge in [-0.25, -0.2) is 4.98 Å². The molecule has 18 heavy (non-hydrogen) atoms. The van der Waals surface area contributed by atoms with Crippen LogP contribution in [0.3, 0.4) is 0 Å². The Morgan fingerprint density at radius 1 is 1.39 bits per heavy atom. The summed E-state index contributed by atoms with van der Waals surface area (Å²) in [5, 5.41) is 3.20. The molecule has 1 unspecified atom stereocenters. The zero-order valence-electron chi connectivity index (χ0n) is 11.7. The molecule has 0 aliphatic rings. The van der Waals surface area contributed by atoms with E-state index in [1.807, 2.05) is 0 Å². The Kier molecular flexibility index (Phi) is 6.21. The molecule has 0 aromatic carbocycles. The molecule has 1 atom stereocenters. The lowest BCUT2D eigenvalue weighted by atomic mass is 9.93. The molecule has 5 heteroatoms. The van der Waals surface area contributed by atoms with Gasteiger partial charge in [0.2, 0.25) is 0 Å². The molecule has 0 spiro atoms. The zero-order chi connectivity index (χ0) is 13.6. The molecule has 0 saturated carbocycles. The second kappa shape index (κ2) is 7.19. The normalized spacial score (nSPS) is 13.8. The maximum Gasteiger partial charge on any atom is 0.0944 e. The number of thiazole rings is 1. The minimum atomic E-state index is 0.000763. The number of hydrogen-bond acceptors (Lipinski definition) is 5. The van der Waals surface area contributed by atoms with E-state index in [0.717, 1.165) is 17.1 Å². The molecule has 1 aromatic heterocycles. The van der Waals surface area contributed by atoms with Gasteiger partial charge in [-0.3, -0.25) is 0 Å². The average molecular weight is 272 g/mol. The number of nitrogens with two attached hydrogens (primary N) is 1. The molecule has 0 saturated heterocycles. The predicted octanol–water partition coefficient (Wildman–Crippen LogP) is 1.97. The molecule has 4 nitrogen and oxygen atoms in total. The third-order valence-electron chi connectivity index (χ3n) is 2.52. The van der Waals surface area contributed by atoms with Crippen molar-refractivity contribution in [3.63, 3.8) is 0 Å². The Balaban J connectivity index is 2.35. The average Bonchev–Trinajstić information content (AvgIpc) is 2.72. The summed E-state index contributed by atoms with van der Waals surface area (Å²) in [5.41, 5.74) is 7.25. The van der Waals surface area contributed by atoms with Crippen molar-refractivity contribution >= 4 is 11.3 Å². The van der Waals surface area contributed by atoms with Crippen molar-refractivity contribution in [2.75, 3.05) is 26.9 Å². The van der Waals surface area contributed by atoms with E-state index in [1.165, 1.54) is 0 Å². The molecule has 0 bridgehead atoms. The molecule has 1 aromatic rings. The van der Waals surface area contributed by atoms with Crippen LogP contribution >= 0.6 is 11.3 Å². The van der Waals surface area contributed by atoms with Gasteiger partial charge < -0.3 is 15.2 Å². The van der Waals surface area contributed by atoms with Crippen molar-refractivity contribution < 1.29 is 9.47 Å². The van der Waals surface area contributed by atoms with Crippen LogP contribution in [0.25, 0.3) is 0 Å². The Bertz CT molecular complexity index is 347. The van der Waals surface area contributed by atoms with Crippen LogP contribution in [0.1, 0.15) is 31.5 Å². The van der Waals surface area contributed by atoms with E-state index >= 15 is 0 Å². The van der Waals surface area contributed by atoms with Crippen molar-refractivity contribution in [3.05, 3.63) is 16.1 Å². The summed E-state index contributed by atoms with van der Waals surface area (Å²) in [5.74, 6) is 0. The van der Waals surface area contributed by atoms with Gasteiger partial charge in [0.25, 0.3) is 0 Å². The van der Waals surface area contributed by atoms with Crippen LogP contribution in [0, 0.1) is 0 Å². The van der Waals surface area contributed by atoms with Crippen molar-refractivity contribution in [1.82, 2.24) is 4.98 Å². The molecule has 2 N–H and O–H groups in total. The highest BCUT2D eigenvalue weighted by atomic mass is 32.1. The van der Waals surface area contributed by atoms with Crippen LogP contribution in [0.2, 0.25) is 0 Å². The van der Waals surface area contributed by atoms with E-state index in [2.05, 4.69) is 31.1 Å². The minimum Gasteiger partial charge on any atom is -0.382 e. The highest BCUT2D eigenvalue weighted by Crippen LogP contribution is 2.24. The summed E-state index contributed by atoms with van der Waals surface area (Å²) in [4.78, 5) is 4.62. The Hall–Kier alpha value is -0.490. The zero-order valence-corrected chi connectivity index (χ0v) is 12.5. The van der Waals surface area contributed by atoms with Crippen LogP contribution in [0.5, 0.6) is 0 Å². The Morgan fingerprint density at radius 3 is 2.67 bits per heavy atom. The predicted molar refractivity (Wildman–Crippen MR) is 75.2 cm³/mol. The fraction of sp³-hybridized carbons (Fsp3) is 0.769. The minimum absolute atomic E-state index is 0.000763. The molecule has 0 aliphatic heterocycles. The van der Waals surface area contributed by atoms with E-state index in [1.54, 1.807) is 18.4 Å². The monoisotopic (exact) mass is 272 g/mol. The first kappa shape index (κ1) is 15.6. The number of ether oxygens (including phenoxy) is 2. The standard InChI is InChI=1S/C13H24N2O2S/c1-13(2,3)11-9-18-12(15-11)7-10(14)8-17-6-5-16-4/h9-10H,5-8,14H2,1-4H3. The summed E-state index contributed by atoms with van der Waals surface area (Å²) >= 11 is 1.68. The lowest BCUT2D eigenvalue weighted by molar-refractivity contribution is 0.0637. The highest BCUT2D eigenvalue weighted by Gasteiger charge is 2.18. The largest absolute Gasteiger partial charge is 0.382 e. The van der Waals surface area contributed by atoms with Gasteiger partial charge in [0.15, 0.2) is 0 Å². The third-order valence-corrected chi connectivity index (χ3v) is 3.39. The summed E-state index contributed by atoms with van der Waals surface area (Å²) in [6.45, 7) is 8.25. The van der Waals surface area contributed by atoms with E-state index in [9.17, 15) is 0 Å². The second-order valence-corrected chi connectivity index (χ2v) is 6.35. The maximum absolute atomic E-state index is 6.01. The lowest BCUT2D eigenvalue weighted by Crippen LogP contribution is -2.29. The van der Waals surface area contributed by atoms with E-state index in [4.69, 9.17) is 15.2 Å². The van der Waals surface area contributed by atoms with E-state index in [0.29, 0.717) is 19.8 Å². The van der Waals surface area contributed by atoms with Gasteiger partial charge in [0, 0.05) is 30.4 Å². The number of rotatable bonds is 7. The summed E-state index contributed by atoms with van der Waals surface area (Å²) < 4.78 is 10.3. The number of methoxy groups -OCH3 is 1. The lowest BCUT2D eigenvalue weighted by Gasteiger charge is -2.14. The molecule has 0 amide bonds. The molecule has 104 valence electrons. The summed E-state index contributed by atoms with van der Waals surface area (Å²) in [6.07, 6.45) is 0.772. The molecule has 0 fully saturated rings. The van der Waals surface area contributed by atoms with E-state index < -0.39 is 0 Å². The summed E-state index contributed by atoms with van der Waals surface area (Å²) in [7, 11) is 1.66. The fourth-order valence-electron chi connectivity index (χ4n) is 1.41. The summed E-state index contributed by atoms with van der Waals surface area (Å²) in [6, 6.07) is 0.000763. The van der Waals surface area contributed by atoms with Gasteiger partial charge in [-0.05, 0) is 0 Å². The highest BCUT2D eigenvalue weighted by molar-refractivity contribution is 7.09. The topological polar surface area (TPSA) is 57.4 Å². The molecule has 0 radical (unpaired) electrons. The van der Waals surface area contributed by atoms with Gasteiger partial charge in [0.05, 0.1) is 30.5 Å². The molecule has 0 aliphatic carbocycles. The van der Waals surface area contributed by atoms with Crippen LogP contribution in [-0.2, 0) is 21.3 Å². The number of aromatic nitrogens is 1. The molecular formula is C13H24N2O2S. The number of nitrogens with zero attached hydrogens (tertiary/aromatic N) is 1.